The minimum Gasteiger partial charge on any atom is -0.756 e. The van der Waals surface area contributed by atoms with E-state index in [1.165, 1.54) is 231 Å². The Kier molecular flexibility index (Phi) is 47.2. The van der Waals surface area contributed by atoms with Gasteiger partial charge in [-0.15, -0.1) is 0 Å². The molecule has 0 bridgehead atoms. The summed E-state index contributed by atoms with van der Waals surface area (Å²) in [5.41, 5.74) is 0. The predicted octanol–water partition coefficient (Wildman–Crippen LogP) is 16.2. The summed E-state index contributed by atoms with van der Waals surface area (Å²) in [5.74, 6) is -0.159. The molecule has 384 valence electrons. The lowest BCUT2D eigenvalue weighted by Crippen LogP contribution is -2.46. The molecule has 1 amide bonds. The number of quaternary nitrogens is 1. The molecule has 0 saturated carbocycles. The molecule has 1 unspecified atom stereocenters. The Morgan fingerprint density at radius 1 is 0.484 bits per heavy atom. The van der Waals surface area contributed by atoms with Crippen LogP contribution in [0.2, 0.25) is 0 Å². The van der Waals surface area contributed by atoms with Gasteiger partial charge in [-0.1, -0.05) is 277 Å². The first-order valence-electron chi connectivity index (χ1n) is 28.4. The maximum absolute atomic E-state index is 12.9. The first-order chi connectivity index (χ1) is 31.0. The first kappa shape index (κ1) is 63.5. The van der Waals surface area contributed by atoms with Crippen LogP contribution in [0, 0.1) is 0 Å². The standard InChI is InChI=1S/C55H113N2O6P/c1-6-8-10-12-14-16-18-19-20-21-22-23-24-25-26-27-28-29-30-31-32-33-34-35-36-37-39-41-43-45-47-49-55(59)56-53(52-63-64(60,61)62-51-50-57(3,4)5)54(58)48-46-44-42-40-38-17-15-13-11-9-7-2/h53-54,58H,6-52H2,1-5H3,(H-,56,59,60,61)/t53-,54+/m0/s1. The molecule has 0 aromatic rings. The van der Waals surface area contributed by atoms with Gasteiger partial charge in [0, 0.05) is 6.42 Å². The van der Waals surface area contributed by atoms with Gasteiger partial charge in [0.05, 0.1) is 39.9 Å². The number of phosphoric acid groups is 1. The molecule has 0 saturated heterocycles. The monoisotopic (exact) mass is 929 g/mol. The number of nitrogens with zero attached hydrogens (tertiary/aromatic N) is 1. The summed E-state index contributed by atoms with van der Waals surface area (Å²) in [4.78, 5) is 25.4. The van der Waals surface area contributed by atoms with Gasteiger partial charge in [-0.25, -0.2) is 0 Å². The van der Waals surface area contributed by atoms with E-state index < -0.39 is 20.0 Å². The number of carbonyl (C=O) groups is 1. The third-order valence-electron chi connectivity index (χ3n) is 13.3. The van der Waals surface area contributed by atoms with Gasteiger partial charge in [-0.05, 0) is 12.8 Å². The zero-order chi connectivity index (χ0) is 47.1. The predicted molar refractivity (Wildman–Crippen MR) is 275 cm³/mol. The van der Waals surface area contributed by atoms with Crippen molar-refractivity contribution >= 4 is 13.7 Å². The summed E-state index contributed by atoms with van der Waals surface area (Å²) in [6.07, 6.45) is 55.8. The molecule has 0 aliphatic heterocycles. The number of aliphatic hydroxyl groups is 1. The highest BCUT2D eigenvalue weighted by molar-refractivity contribution is 7.45. The number of amides is 1. The van der Waals surface area contributed by atoms with Crippen LogP contribution in [0.5, 0.6) is 0 Å². The normalized spacial score (nSPS) is 13.9. The highest BCUT2D eigenvalue weighted by Crippen LogP contribution is 2.38. The second-order valence-electron chi connectivity index (χ2n) is 21.0. The van der Waals surface area contributed by atoms with E-state index in [1.54, 1.807) is 0 Å². The topological polar surface area (TPSA) is 108 Å². The number of hydrogen-bond donors (Lipinski definition) is 2. The summed E-state index contributed by atoms with van der Waals surface area (Å²) in [6.45, 7) is 4.75. The van der Waals surface area contributed by atoms with Crippen molar-refractivity contribution in [3.63, 3.8) is 0 Å². The molecule has 0 aromatic heterocycles. The number of hydrogen-bond acceptors (Lipinski definition) is 6. The fourth-order valence-electron chi connectivity index (χ4n) is 8.87. The number of aliphatic hydroxyl groups excluding tert-OH is 1. The number of carbonyl (C=O) groups excluding carboxylic acids is 1. The largest absolute Gasteiger partial charge is 0.756 e. The summed E-state index contributed by atoms with van der Waals surface area (Å²) >= 11 is 0. The van der Waals surface area contributed by atoms with E-state index in [4.69, 9.17) is 9.05 Å². The third kappa shape index (κ3) is 49.4. The van der Waals surface area contributed by atoms with Crippen molar-refractivity contribution in [3.8, 4) is 0 Å². The fourth-order valence-corrected chi connectivity index (χ4v) is 9.59. The molecule has 0 heterocycles. The van der Waals surface area contributed by atoms with Crippen LogP contribution >= 0.6 is 7.82 Å². The molecule has 0 rings (SSSR count). The van der Waals surface area contributed by atoms with Crippen molar-refractivity contribution < 1.29 is 32.9 Å². The minimum absolute atomic E-state index is 0.0162. The van der Waals surface area contributed by atoms with E-state index in [9.17, 15) is 19.4 Å². The third-order valence-corrected chi connectivity index (χ3v) is 14.3. The molecule has 0 aliphatic rings. The fraction of sp³-hybridized carbons (Fsp3) is 0.982. The van der Waals surface area contributed by atoms with Crippen molar-refractivity contribution in [1.29, 1.82) is 0 Å². The van der Waals surface area contributed by atoms with E-state index in [0.29, 0.717) is 23.9 Å². The summed E-state index contributed by atoms with van der Waals surface area (Å²) in [7, 11) is 1.32. The summed E-state index contributed by atoms with van der Waals surface area (Å²) in [6, 6.07) is -0.793. The molecule has 0 aromatic carbocycles. The van der Waals surface area contributed by atoms with Crippen LogP contribution in [-0.2, 0) is 18.4 Å². The average molecular weight is 929 g/mol. The van der Waals surface area contributed by atoms with Crippen LogP contribution < -0.4 is 10.2 Å². The van der Waals surface area contributed by atoms with Gasteiger partial charge in [-0.3, -0.25) is 9.36 Å². The SMILES string of the molecule is CCCCCCCCCCCCCCCCCCCCCCCCCCCCCCCCCC(=O)N[C@@H](COP(=O)([O-])OCC[N+](C)(C)C)[C@H](O)CCCCCCCCCCCCC. The van der Waals surface area contributed by atoms with E-state index >= 15 is 0 Å². The highest BCUT2D eigenvalue weighted by atomic mass is 31.2. The molecule has 0 spiro atoms. The maximum atomic E-state index is 12.9. The highest BCUT2D eigenvalue weighted by Gasteiger charge is 2.24. The number of unbranched alkanes of at least 4 members (excludes halogenated alkanes) is 40. The van der Waals surface area contributed by atoms with Crippen LogP contribution in [-0.4, -0.2) is 68.5 Å². The van der Waals surface area contributed by atoms with Gasteiger partial charge >= 0.3 is 0 Å². The zero-order valence-corrected chi connectivity index (χ0v) is 44.7. The summed E-state index contributed by atoms with van der Waals surface area (Å²) in [5, 5.41) is 13.9. The van der Waals surface area contributed by atoms with Crippen LogP contribution in [0.4, 0.5) is 0 Å². The van der Waals surface area contributed by atoms with Crippen molar-refractivity contribution in [2.24, 2.45) is 0 Å². The number of nitrogens with one attached hydrogen (secondary N) is 1. The van der Waals surface area contributed by atoms with Crippen molar-refractivity contribution in [3.05, 3.63) is 0 Å². The van der Waals surface area contributed by atoms with Gasteiger partial charge in [0.1, 0.15) is 13.2 Å². The molecule has 3 atom stereocenters. The van der Waals surface area contributed by atoms with Crippen molar-refractivity contribution in [2.45, 2.75) is 309 Å². The molecule has 0 fully saturated rings. The molecular weight excluding hydrogens is 816 g/mol. The Labute approximate surface area is 399 Å². The van der Waals surface area contributed by atoms with Gasteiger partial charge in [0.25, 0.3) is 7.82 Å². The van der Waals surface area contributed by atoms with Gasteiger partial charge in [0.15, 0.2) is 0 Å². The maximum Gasteiger partial charge on any atom is 0.268 e. The van der Waals surface area contributed by atoms with Crippen LogP contribution in [0.3, 0.4) is 0 Å². The Hall–Kier alpha value is -0.500. The lowest BCUT2D eigenvalue weighted by Gasteiger charge is -2.30. The number of rotatable bonds is 53. The number of likely N-dealkylation sites (N-methyl/N-ethyl adjacent to an activating group) is 1. The first-order valence-corrected chi connectivity index (χ1v) is 29.8. The van der Waals surface area contributed by atoms with Crippen LogP contribution in [0.1, 0.15) is 296 Å². The van der Waals surface area contributed by atoms with Crippen molar-refractivity contribution in [2.75, 3.05) is 40.9 Å². The lowest BCUT2D eigenvalue weighted by molar-refractivity contribution is -0.870. The molecule has 0 aliphatic carbocycles. The summed E-state index contributed by atoms with van der Waals surface area (Å²) < 4.78 is 23.3. The minimum atomic E-state index is -4.56. The Balaban J connectivity index is 3.92. The van der Waals surface area contributed by atoms with Crippen LogP contribution in [0.15, 0.2) is 0 Å². The molecule has 0 radical (unpaired) electrons. The quantitative estimate of drug-likeness (QED) is 0.0357. The van der Waals surface area contributed by atoms with Gasteiger partial charge < -0.3 is 28.8 Å². The molecule has 9 heteroatoms. The molecule has 8 nitrogen and oxygen atoms in total. The molecular formula is C55H113N2O6P. The molecule has 2 N–H and O–H groups in total. The molecule has 64 heavy (non-hydrogen) atoms. The van der Waals surface area contributed by atoms with E-state index in [-0.39, 0.29) is 19.1 Å². The van der Waals surface area contributed by atoms with E-state index in [0.717, 1.165) is 38.5 Å². The average Bonchev–Trinajstić information content (AvgIpc) is 3.25. The Bertz CT molecular complexity index is 1010. The van der Waals surface area contributed by atoms with Gasteiger partial charge in [-0.2, -0.15) is 0 Å². The second kappa shape index (κ2) is 47.6. The smallest absolute Gasteiger partial charge is 0.268 e. The van der Waals surface area contributed by atoms with Gasteiger partial charge in [0.2, 0.25) is 5.91 Å². The van der Waals surface area contributed by atoms with E-state index in [1.807, 2.05) is 21.1 Å². The second-order valence-corrected chi connectivity index (χ2v) is 22.4. The van der Waals surface area contributed by atoms with Crippen LogP contribution in [0.25, 0.3) is 0 Å². The Morgan fingerprint density at radius 3 is 1.06 bits per heavy atom. The van der Waals surface area contributed by atoms with E-state index in [2.05, 4.69) is 19.2 Å². The lowest BCUT2D eigenvalue weighted by atomic mass is 10.0. The zero-order valence-electron chi connectivity index (χ0n) is 43.8. The number of phosphoric ester groups is 1. The van der Waals surface area contributed by atoms with Crippen molar-refractivity contribution in [1.82, 2.24) is 5.32 Å². The Morgan fingerprint density at radius 2 is 0.766 bits per heavy atom.